The number of halogens is 1. The van der Waals surface area contributed by atoms with E-state index in [2.05, 4.69) is 20.9 Å². The Morgan fingerprint density at radius 2 is 2.21 bits per heavy atom. The second-order valence-corrected chi connectivity index (χ2v) is 4.56. The van der Waals surface area contributed by atoms with Crippen LogP contribution in [0.1, 0.15) is 5.56 Å². The van der Waals surface area contributed by atoms with E-state index in [9.17, 15) is 10.1 Å². The van der Waals surface area contributed by atoms with Gasteiger partial charge in [-0.15, -0.1) is 0 Å². The molecule has 0 atom stereocenters. The second kappa shape index (κ2) is 5.66. The van der Waals surface area contributed by atoms with Gasteiger partial charge < -0.3 is 10.5 Å². The van der Waals surface area contributed by atoms with Crippen LogP contribution < -0.4 is 10.5 Å². The Hall–Kier alpha value is -2.15. The van der Waals surface area contributed by atoms with Gasteiger partial charge in [-0.25, -0.2) is 4.98 Å². The van der Waals surface area contributed by atoms with Crippen LogP contribution >= 0.6 is 15.9 Å². The van der Waals surface area contributed by atoms with E-state index in [1.54, 1.807) is 24.4 Å². The quantitative estimate of drug-likeness (QED) is 0.690. The van der Waals surface area contributed by atoms with Crippen LogP contribution in [0.3, 0.4) is 0 Å². The van der Waals surface area contributed by atoms with E-state index in [1.807, 2.05) is 0 Å². The fourth-order valence-corrected chi connectivity index (χ4v) is 1.81. The monoisotopic (exact) mass is 323 g/mol. The molecule has 0 saturated heterocycles. The lowest BCUT2D eigenvalue weighted by atomic mass is 10.2. The average Bonchev–Trinajstić information content (AvgIpc) is 2.39. The van der Waals surface area contributed by atoms with Crippen LogP contribution in [0, 0.1) is 10.1 Å². The first-order chi connectivity index (χ1) is 9.08. The van der Waals surface area contributed by atoms with Crippen molar-refractivity contribution in [3.05, 3.63) is 56.7 Å². The number of nitro groups is 1. The fourth-order valence-electron chi connectivity index (χ4n) is 1.44. The number of pyridine rings is 1. The predicted molar refractivity (Wildman–Crippen MR) is 73.8 cm³/mol. The zero-order valence-electron chi connectivity index (χ0n) is 9.75. The van der Waals surface area contributed by atoms with Gasteiger partial charge in [0, 0.05) is 17.8 Å². The van der Waals surface area contributed by atoms with Gasteiger partial charge in [0.1, 0.15) is 18.2 Å². The standard InChI is InChI=1S/C12H10BrN3O3/c13-10-4-3-9(16(17)18)6-11(10)19-7-8-2-1-5-15-12(8)14/h1-6H,7H2,(H2,14,15). The van der Waals surface area contributed by atoms with Crippen molar-refractivity contribution in [1.29, 1.82) is 0 Å². The summed E-state index contributed by atoms with van der Waals surface area (Å²) >= 11 is 3.28. The summed E-state index contributed by atoms with van der Waals surface area (Å²) in [4.78, 5) is 14.2. The van der Waals surface area contributed by atoms with E-state index in [-0.39, 0.29) is 12.3 Å². The smallest absolute Gasteiger partial charge is 0.273 e. The van der Waals surface area contributed by atoms with Crippen LogP contribution in [0.2, 0.25) is 0 Å². The van der Waals surface area contributed by atoms with Crippen molar-refractivity contribution in [2.45, 2.75) is 6.61 Å². The Kier molecular flexibility index (Phi) is 3.96. The Bertz CT molecular complexity index is 619. The minimum atomic E-state index is -0.474. The number of rotatable bonds is 4. The summed E-state index contributed by atoms with van der Waals surface area (Å²) < 4.78 is 6.16. The third-order valence-corrected chi connectivity index (χ3v) is 3.09. The molecule has 2 N–H and O–H groups in total. The van der Waals surface area contributed by atoms with Gasteiger partial charge in [0.05, 0.1) is 15.5 Å². The molecule has 2 aromatic rings. The van der Waals surface area contributed by atoms with E-state index in [0.717, 1.165) is 5.56 Å². The van der Waals surface area contributed by atoms with E-state index in [4.69, 9.17) is 10.5 Å². The average molecular weight is 324 g/mol. The highest BCUT2D eigenvalue weighted by Gasteiger charge is 2.11. The molecule has 0 aliphatic rings. The molecule has 0 fully saturated rings. The molecule has 0 aliphatic carbocycles. The molecule has 0 amide bonds. The first-order valence-electron chi connectivity index (χ1n) is 5.34. The van der Waals surface area contributed by atoms with Crippen molar-refractivity contribution < 1.29 is 9.66 Å². The summed E-state index contributed by atoms with van der Waals surface area (Å²) in [7, 11) is 0. The maximum atomic E-state index is 10.7. The molecule has 19 heavy (non-hydrogen) atoms. The largest absolute Gasteiger partial charge is 0.487 e. The lowest BCUT2D eigenvalue weighted by Crippen LogP contribution is -2.02. The van der Waals surface area contributed by atoms with Gasteiger partial charge in [-0.3, -0.25) is 10.1 Å². The summed E-state index contributed by atoms with van der Waals surface area (Å²) in [6.45, 7) is 0.194. The highest BCUT2D eigenvalue weighted by Crippen LogP contribution is 2.30. The number of aromatic nitrogens is 1. The van der Waals surface area contributed by atoms with Crippen LogP contribution in [0.15, 0.2) is 41.0 Å². The van der Waals surface area contributed by atoms with E-state index < -0.39 is 4.92 Å². The Morgan fingerprint density at radius 1 is 1.42 bits per heavy atom. The van der Waals surface area contributed by atoms with Crippen molar-refractivity contribution >= 4 is 27.4 Å². The van der Waals surface area contributed by atoms with Gasteiger partial charge in [0.15, 0.2) is 0 Å². The number of nitro benzene ring substituents is 1. The van der Waals surface area contributed by atoms with Gasteiger partial charge in [-0.2, -0.15) is 0 Å². The minimum absolute atomic E-state index is 0.0302. The van der Waals surface area contributed by atoms with Crippen LogP contribution in [0.5, 0.6) is 5.75 Å². The van der Waals surface area contributed by atoms with Crippen LogP contribution in [-0.4, -0.2) is 9.91 Å². The molecule has 1 aromatic heterocycles. The van der Waals surface area contributed by atoms with Gasteiger partial charge in [0.25, 0.3) is 5.69 Å². The van der Waals surface area contributed by atoms with Crippen LogP contribution in [0.25, 0.3) is 0 Å². The predicted octanol–water partition coefficient (Wildman–Crippen LogP) is 2.91. The summed E-state index contributed by atoms with van der Waals surface area (Å²) in [5.41, 5.74) is 6.38. The first kappa shape index (κ1) is 13.3. The molecular weight excluding hydrogens is 314 g/mol. The number of hydrogen-bond acceptors (Lipinski definition) is 5. The summed E-state index contributed by atoms with van der Waals surface area (Å²) in [5, 5.41) is 10.7. The van der Waals surface area contributed by atoms with Crippen molar-refractivity contribution in [3.8, 4) is 5.75 Å². The van der Waals surface area contributed by atoms with Gasteiger partial charge in [-0.1, -0.05) is 6.07 Å². The third-order valence-electron chi connectivity index (χ3n) is 2.43. The Morgan fingerprint density at radius 3 is 2.89 bits per heavy atom. The Balaban J connectivity index is 2.17. The molecule has 7 heteroatoms. The van der Waals surface area contributed by atoms with Crippen molar-refractivity contribution in [2.75, 3.05) is 5.73 Å². The lowest BCUT2D eigenvalue weighted by Gasteiger charge is -2.09. The molecule has 98 valence electrons. The number of hydrogen-bond donors (Lipinski definition) is 1. The van der Waals surface area contributed by atoms with Crippen molar-refractivity contribution in [2.24, 2.45) is 0 Å². The molecule has 0 spiro atoms. The second-order valence-electron chi connectivity index (χ2n) is 3.71. The minimum Gasteiger partial charge on any atom is -0.487 e. The lowest BCUT2D eigenvalue weighted by molar-refractivity contribution is -0.385. The summed E-state index contributed by atoms with van der Waals surface area (Å²) in [6, 6.07) is 7.86. The third kappa shape index (κ3) is 3.19. The first-order valence-corrected chi connectivity index (χ1v) is 6.13. The maximum absolute atomic E-state index is 10.7. The molecule has 6 nitrogen and oxygen atoms in total. The molecule has 0 radical (unpaired) electrons. The van der Waals surface area contributed by atoms with Gasteiger partial charge >= 0.3 is 0 Å². The topological polar surface area (TPSA) is 91.3 Å². The molecule has 1 heterocycles. The number of nitrogens with zero attached hydrogens (tertiary/aromatic N) is 2. The molecule has 0 unspecified atom stereocenters. The molecule has 0 bridgehead atoms. The summed E-state index contributed by atoms with van der Waals surface area (Å²) in [5.74, 6) is 0.765. The maximum Gasteiger partial charge on any atom is 0.273 e. The highest BCUT2D eigenvalue weighted by molar-refractivity contribution is 9.10. The molecular formula is C12H10BrN3O3. The molecule has 2 rings (SSSR count). The summed E-state index contributed by atoms with van der Waals surface area (Å²) in [6.07, 6.45) is 1.59. The van der Waals surface area contributed by atoms with Gasteiger partial charge in [-0.05, 0) is 28.1 Å². The van der Waals surface area contributed by atoms with Crippen LogP contribution in [0.4, 0.5) is 11.5 Å². The van der Waals surface area contributed by atoms with Crippen LogP contribution in [-0.2, 0) is 6.61 Å². The van der Waals surface area contributed by atoms with E-state index in [1.165, 1.54) is 12.1 Å². The SMILES string of the molecule is Nc1ncccc1COc1cc([N+](=O)[O-])ccc1Br. The van der Waals surface area contributed by atoms with Gasteiger partial charge in [0.2, 0.25) is 0 Å². The zero-order chi connectivity index (χ0) is 13.8. The van der Waals surface area contributed by atoms with E-state index in [0.29, 0.717) is 16.0 Å². The highest BCUT2D eigenvalue weighted by atomic mass is 79.9. The zero-order valence-corrected chi connectivity index (χ0v) is 11.3. The number of non-ortho nitro benzene ring substituents is 1. The molecule has 1 aromatic carbocycles. The molecule has 0 saturated carbocycles. The number of nitrogens with two attached hydrogens (primary N) is 1. The van der Waals surface area contributed by atoms with Crippen molar-refractivity contribution in [3.63, 3.8) is 0 Å². The van der Waals surface area contributed by atoms with E-state index >= 15 is 0 Å². The number of ether oxygens (including phenoxy) is 1. The fraction of sp³-hybridized carbons (Fsp3) is 0.0833. The number of nitrogen functional groups attached to an aromatic ring is 1. The number of anilines is 1. The Labute approximate surface area is 117 Å². The van der Waals surface area contributed by atoms with Crippen molar-refractivity contribution in [1.82, 2.24) is 4.98 Å². The number of benzene rings is 1. The normalized spacial score (nSPS) is 10.2. The molecule has 0 aliphatic heterocycles.